The number of hydrogen-bond acceptors (Lipinski definition) is 3. The first kappa shape index (κ1) is 17.3. The molecule has 0 aliphatic carbocycles. The molecule has 5 heteroatoms. The average Bonchev–Trinajstić information content (AvgIpc) is 2.52. The van der Waals surface area contributed by atoms with Gasteiger partial charge in [0.1, 0.15) is 10.7 Å². The van der Waals surface area contributed by atoms with Gasteiger partial charge in [-0.15, -0.1) is 0 Å². The summed E-state index contributed by atoms with van der Waals surface area (Å²) in [6.45, 7) is 4.05. The third kappa shape index (κ3) is 3.61. The number of halogens is 1. The molecule has 0 radical (unpaired) electrons. The second-order valence-electron chi connectivity index (χ2n) is 6.22. The van der Waals surface area contributed by atoms with Crippen LogP contribution in [-0.2, 0) is 9.84 Å². The van der Waals surface area contributed by atoms with E-state index in [0.29, 0.717) is 5.56 Å². The summed E-state index contributed by atoms with van der Waals surface area (Å²) in [4.78, 5) is 3.85. The molecular weight excluding hydrogens is 337 g/mol. The molecule has 3 aromatic rings. The van der Waals surface area contributed by atoms with Crippen molar-refractivity contribution in [1.82, 2.24) is 4.98 Å². The number of hydrogen-bond donors (Lipinski definition) is 0. The van der Waals surface area contributed by atoms with Crippen molar-refractivity contribution in [3.05, 3.63) is 71.8 Å². The van der Waals surface area contributed by atoms with E-state index < -0.39 is 15.7 Å². The molecule has 3 nitrogen and oxygen atoms in total. The van der Waals surface area contributed by atoms with E-state index in [0.717, 1.165) is 34.1 Å². The lowest BCUT2D eigenvalue weighted by Crippen LogP contribution is -2.01. The van der Waals surface area contributed by atoms with Crippen LogP contribution in [0.1, 0.15) is 11.1 Å². The van der Waals surface area contributed by atoms with Gasteiger partial charge in [0, 0.05) is 24.2 Å². The molecule has 1 heterocycles. The summed E-state index contributed by atoms with van der Waals surface area (Å²) < 4.78 is 37.5. The lowest BCUT2D eigenvalue weighted by molar-refractivity contribution is 0.571. The molecule has 0 saturated carbocycles. The summed E-state index contributed by atoms with van der Waals surface area (Å²) in [5.41, 5.74) is 5.56. The molecule has 3 rings (SSSR count). The lowest BCUT2D eigenvalue weighted by Gasteiger charge is -2.12. The first-order valence-corrected chi connectivity index (χ1v) is 9.67. The summed E-state index contributed by atoms with van der Waals surface area (Å²) in [5.74, 6) is -0.754. The van der Waals surface area contributed by atoms with E-state index in [1.165, 1.54) is 12.1 Å². The van der Waals surface area contributed by atoms with Crippen LogP contribution in [-0.4, -0.2) is 19.7 Å². The molecule has 0 N–H and O–H groups in total. The second kappa shape index (κ2) is 6.41. The van der Waals surface area contributed by atoms with Gasteiger partial charge in [-0.3, -0.25) is 4.98 Å². The lowest BCUT2D eigenvalue weighted by atomic mass is 9.94. The molecule has 1 aromatic heterocycles. The molecule has 128 valence electrons. The fraction of sp³-hybridized carbons (Fsp3) is 0.150. The normalized spacial score (nSPS) is 11.5. The van der Waals surface area contributed by atoms with Crippen molar-refractivity contribution >= 4 is 9.84 Å². The minimum absolute atomic E-state index is 0.298. The van der Waals surface area contributed by atoms with Gasteiger partial charge in [0.2, 0.25) is 0 Å². The van der Waals surface area contributed by atoms with Crippen molar-refractivity contribution in [3.8, 4) is 22.3 Å². The zero-order valence-corrected chi connectivity index (χ0v) is 15.1. The Morgan fingerprint density at radius 1 is 0.880 bits per heavy atom. The second-order valence-corrected chi connectivity index (χ2v) is 8.20. The molecule has 0 spiro atoms. The van der Waals surface area contributed by atoms with Gasteiger partial charge >= 0.3 is 0 Å². The number of pyridine rings is 1. The summed E-state index contributed by atoms with van der Waals surface area (Å²) >= 11 is 0. The maximum atomic E-state index is 14.3. The van der Waals surface area contributed by atoms with E-state index in [1.54, 1.807) is 18.5 Å². The topological polar surface area (TPSA) is 47.0 Å². The summed E-state index contributed by atoms with van der Waals surface area (Å²) in [6.07, 6.45) is 4.36. The van der Waals surface area contributed by atoms with E-state index in [4.69, 9.17) is 0 Å². The molecule has 2 aromatic carbocycles. The zero-order valence-electron chi connectivity index (χ0n) is 14.2. The fourth-order valence-corrected chi connectivity index (χ4v) is 3.70. The smallest absolute Gasteiger partial charge is 0.178 e. The van der Waals surface area contributed by atoms with Gasteiger partial charge in [-0.2, -0.15) is 0 Å². The molecule has 0 aliphatic rings. The molecule has 0 aliphatic heterocycles. The highest BCUT2D eigenvalue weighted by molar-refractivity contribution is 7.90. The molecular formula is C20H18FNO2S. The van der Waals surface area contributed by atoms with E-state index in [1.807, 2.05) is 19.9 Å². The molecule has 0 fully saturated rings. The molecule has 0 atom stereocenters. The minimum atomic E-state index is -3.60. The number of rotatable bonds is 3. The fourth-order valence-electron chi connectivity index (χ4n) is 2.98. The molecule has 0 saturated heterocycles. The largest absolute Gasteiger partial charge is 0.264 e. The van der Waals surface area contributed by atoms with Crippen molar-refractivity contribution in [2.24, 2.45) is 0 Å². The van der Waals surface area contributed by atoms with E-state index in [2.05, 4.69) is 23.2 Å². The first-order valence-electron chi connectivity index (χ1n) is 7.78. The van der Waals surface area contributed by atoms with Crippen LogP contribution in [0.3, 0.4) is 0 Å². The summed E-state index contributed by atoms with van der Waals surface area (Å²) in [6, 6.07) is 12.3. The predicted octanol–water partition coefficient (Wildman–Crippen LogP) is 4.58. The standard InChI is InChI=1S/C20H18FNO2S/c1-13-8-14(2)10-16(9-13)17-6-7-22-12-18(17)15-4-5-20(19(21)11-15)25(3,23)24/h4-12H,1-3H3. The molecule has 0 unspecified atom stereocenters. The highest BCUT2D eigenvalue weighted by Gasteiger charge is 2.16. The van der Waals surface area contributed by atoms with E-state index in [9.17, 15) is 12.8 Å². The van der Waals surface area contributed by atoms with Crippen LogP contribution < -0.4 is 0 Å². The maximum absolute atomic E-state index is 14.3. The Labute approximate surface area is 147 Å². The van der Waals surface area contributed by atoms with Crippen molar-refractivity contribution in [3.63, 3.8) is 0 Å². The molecule has 25 heavy (non-hydrogen) atoms. The number of nitrogens with zero attached hydrogens (tertiary/aromatic N) is 1. The van der Waals surface area contributed by atoms with Crippen LogP contribution >= 0.6 is 0 Å². The Morgan fingerprint density at radius 2 is 1.56 bits per heavy atom. The minimum Gasteiger partial charge on any atom is -0.264 e. The van der Waals surface area contributed by atoms with Gasteiger partial charge in [-0.25, -0.2) is 12.8 Å². The van der Waals surface area contributed by atoms with Gasteiger partial charge in [-0.05, 0) is 48.7 Å². The van der Waals surface area contributed by atoms with Crippen LogP contribution in [0.4, 0.5) is 4.39 Å². The number of sulfone groups is 1. The predicted molar refractivity (Wildman–Crippen MR) is 97.7 cm³/mol. The maximum Gasteiger partial charge on any atom is 0.178 e. The third-order valence-corrected chi connectivity index (χ3v) is 5.13. The first-order chi connectivity index (χ1) is 11.8. The Hall–Kier alpha value is -2.53. The van der Waals surface area contributed by atoms with Crippen molar-refractivity contribution in [1.29, 1.82) is 0 Å². The van der Waals surface area contributed by atoms with E-state index in [-0.39, 0.29) is 4.90 Å². The Bertz CT molecular complexity index is 1040. The highest BCUT2D eigenvalue weighted by atomic mass is 32.2. The van der Waals surface area contributed by atoms with Crippen molar-refractivity contribution < 1.29 is 12.8 Å². The monoisotopic (exact) mass is 355 g/mol. The van der Waals surface area contributed by atoms with Gasteiger partial charge in [0.05, 0.1) is 0 Å². The van der Waals surface area contributed by atoms with Crippen LogP contribution in [0.15, 0.2) is 59.8 Å². The van der Waals surface area contributed by atoms with Gasteiger partial charge < -0.3 is 0 Å². The Morgan fingerprint density at radius 3 is 2.16 bits per heavy atom. The zero-order chi connectivity index (χ0) is 18.2. The SMILES string of the molecule is Cc1cc(C)cc(-c2ccncc2-c2ccc(S(C)(=O)=O)c(F)c2)c1. The number of aromatic nitrogens is 1. The summed E-state index contributed by atoms with van der Waals surface area (Å²) in [7, 11) is -3.60. The van der Waals surface area contributed by atoms with Gasteiger partial charge in [-0.1, -0.05) is 35.4 Å². The highest BCUT2D eigenvalue weighted by Crippen LogP contribution is 2.33. The van der Waals surface area contributed by atoms with Crippen LogP contribution in [0.25, 0.3) is 22.3 Å². The molecule has 0 amide bonds. The van der Waals surface area contributed by atoms with Gasteiger partial charge in [0.15, 0.2) is 9.84 Å². The Kier molecular flexibility index (Phi) is 4.43. The van der Waals surface area contributed by atoms with Crippen molar-refractivity contribution in [2.45, 2.75) is 18.7 Å². The Balaban J connectivity index is 2.18. The third-order valence-electron chi connectivity index (χ3n) is 4.00. The number of benzene rings is 2. The summed E-state index contributed by atoms with van der Waals surface area (Å²) in [5, 5.41) is 0. The van der Waals surface area contributed by atoms with Crippen LogP contribution in [0, 0.1) is 19.7 Å². The van der Waals surface area contributed by atoms with Crippen LogP contribution in [0.2, 0.25) is 0 Å². The van der Waals surface area contributed by atoms with Gasteiger partial charge in [0.25, 0.3) is 0 Å². The number of aryl methyl sites for hydroxylation is 2. The van der Waals surface area contributed by atoms with E-state index >= 15 is 0 Å². The van der Waals surface area contributed by atoms with Crippen molar-refractivity contribution in [2.75, 3.05) is 6.26 Å². The quantitative estimate of drug-likeness (QED) is 0.691. The molecule has 0 bridgehead atoms. The average molecular weight is 355 g/mol. The van der Waals surface area contributed by atoms with Crippen LogP contribution in [0.5, 0.6) is 0 Å².